The summed E-state index contributed by atoms with van der Waals surface area (Å²) in [5.41, 5.74) is 2.48. The van der Waals surface area contributed by atoms with Crippen LogP contribution in [0, 0.1) is 12.8 Å². The SMILES string of the molecule is Cc1nc(-c2c[nH]c(C(=O)NCC3CCCNC3)c2)cs1. The van der Waals surface area contributed by atoms with Crippen LogP contribution in [0.4, 0.5) is 0 Å². The summed E-state index contributed by atoms with van der Waals surface area (Å²) in [6.07, 6.45) is 4.21. The lowest BCUT2D eigenvalue weighted by molar-refractivity contribution is 0.0940. The van der Waals surface area contributed by atoms with Gasteiger partial charge in [-0.25, -0.2) is 4.98 Å². The van der Waals surface area contributed by atoms with Crippen molar-refractivity contribution in [2.75, 3.05) is 19.6 Å². The largest absolute Gasteiger partial charge is 0.357 e. The van der Waals surface area contributed by atoms with E-state index >= 15 is 0 Å². The van der Waals surface area contributed by atoms with Crippen molar-refractivity contribution in [1.82, 2.24) is 20.6 Å². The van der Waals surface area contributed by atoms with E-state index in [1.54, 1.807) is 11.3 Å². The van der Waals surface area contributed by atoms with Crippen molar-refractivity contribution in [3.8, 4) is 11.3 Å². The van der Waals surface area contributed by atoms with Gasteiger partial charge in [0, 0.05) is 23.7 Å². The Kier molecular flexibility index (Phi) is 4.36. The van der Waals surface area contributed by atoms with Gasteiger partial charge in [0.05, 0.1) is 10.7 Å². The molecule has 0 radical (unpaired) electrons. The van der Waals surface area contributed by atoms with Crippen LogP contribution in [0.3, 0.4) is 0 Å². The summed E-state index contributed by atoms with van der Waals surface area (Å²) in [7, 11) is 0. The Balaban J connectivity index is 1.59. The fourth-order valence-electron chi connectivity index (χ4n) is 2.60. The number of nitrogens with zero attached hydrogens (tertiary/aromatic N) is 1. The Hall–Kier alpha value is -1.66. The van der Waals surface area contributed by atoms with E-state index in [0.717, 1.165) is 35.9 Å². The van der Waals surface area contributed by atoms with Gasteiger partial charge in [-0.15, -0.1) is 11.3 Å². The fraction of sp³-hybridized carbons (Fsp3) is 0.467. The predicted octanol–water partition coefficient (Wildman–Crippen LogP) is 2.18. The van der Waals surface area contributed by atoms with Crippen molar-refractivity contribution >= 4 is 17.2 Å². The van der Waals surface area contributed by atoms with Gasteiger partial charge < -0.3 is 15.6 Å². The van der Waals surface area contributed by atoms with Gasteiger partial charge in [0.15, 0.2) is 0 Å². The Bertz CT molecular complexity index is 613. The quantitative estimate of drug-likeness (QED) is 0.811. The molecule has 21 heavy (non-hydrogen) atoms. The first-order chi connectivity index (χ1) is 10.2. The van der Waals surface area contributed by atoms with E-state index < -0.39 is 0 Å². The zero-order valence-electron chi connectivity index (χ0n) is 12.1. The maximum Gasteiger partial charge on any atom is 0.267 e. The van der Waals surface area contributed by atoms with Crippen molar-refractivity contribution in [3.05, 3.63) is 28.3 Å². The molecule has 3 N–H and O–H groups in total. The van der Waals surface area contributed by atoms with Gasteiger partial charge >= 0.3 is 0 Å². The first-order valence-corrected chi connectivity index (χ1v) is 8.20. The second-order valence-electron chi connectivity index (χ2n) is 5.48. The second-order valence-corrected chi connectivity index (χ2v) is 6.54. The number of aromatic nitrogens is 2. The number of amides is 1. The van der Waals surface area contributed by atoms with Gasteiger partial charge in [-0.3, -0.25) is 4.79 Å². The lowest BCUT2D eigenvalue weighted by atomic mass is 10.00. The highest BCUT2D eigenvalue weighted by Gasteiger charge is 2.15. The molecule has 1 amide bonds. The Labute approximate surface area is 128 Å². The van der Waals surface area contributed by atoms with Crippen molar-refractivity contribution < 1.29 is 4.79 Å². The van der Waals surface area contributed by atoms with Crippen LogP contribution in [0.1, 0.15) is 28.3 Å². The standard InChI is InChI=1S/C15H20N4OS/c1-10-19-14(9-21-10)12-5-13(17-8-12)15(20)18-7-11-3-2-4-16-6-11/h5,8-9,11,16-17H,2-4,6-7H2,1H3,(H,18,20). The van der Waals surface area contributed by atoms with Gasteiger partial charge in [0.2, 0.25) is 0 Å². The highest BCUT2D eigenvalue weighted by atomic mass is 32.1. The number of aromatic amines is 1. The van der Waals surface area contributed by atoms with Crippen molar-refractivity contribution in [2.45, 2.75) is 19.8 Å². The summed E-state index contributed by atoms with van der Waals surface area (Å²) < 4.78 is 0. The predicted molar refractivity (Wildman–Crippen MR) is 84.6 cm³/mol. The average molecular weight is 304 g/mol. The molecule has 1 atom stereocenters. The summed E-state index contributed by atoms with van der Waals surface area (Å²) in [4.78, 5) is 19.6. The molecule has 2 aromatic rings. The number of thiazole rings is 1. The van der Waals surface area contributed by atoms with Crippen molar-refractivity contribution in [3.63, 3.8) is 0 Å². The summed E-state index contributed by atoms with van der Waals surface area (Å²) in [5.74, 6) is 0.497. The Morgan fingerprint density at radius 3 is 3.19 bits per heavy atom. The molecule has 0 saturated carbocycles. The van der Waals surface area contributed by atoms with Crippen molar-refractivity contribution in [2.24, 2.45) is 5.92 Å². The number of carbonyl (C=O) groups is 1. The van der Waals surface area contributed by atoms with Crippen LogP contribution in [0.2, 0.25) is 0 Å². The van der Waals surface area contributed by atoms with Crippen LogP contribution in [-0.4, -0.2) is 35.5 Å². The van der Waals surface area contributed by atoms with Gasteiger partial charge in [-0.2, -0.15) is 0 Å². The highest BCUT2D eigenvalue weighted by Crippen LogP contribution is 2.22. The molecule has 1 fully saturated rings. The Morgan fingerprint density at radius 1 is 1.57 bits per heavy atom. The lowest BCUT2D eigenvalue weighted by Crippen LogP contribution is -2.38. The van der Waals surface area contributed by atoms with Gasteiger partial charge in [0.25, 0.3) is 5.91 Å². The van der Waals surface area contributed by atoms with Gasteiger partial charge in [0.1, 0.15) is 5.69 Å². The molecular weight excluding hydrogens is 284 g/mol. The van der Waals surface area contributed by atoms with E-state index in [1.165, 1.54) is 12.8 Å². The number of hydrogen-bond donors (Lipinski definition) is 3. The van der Waals surface area contributed by atoms with Crippen LogP contribution in [0.5, 0.6) is 0 Å². The number of hydrogen-bond acceptors (Lipinski definition) is 4. The van der Waals surface area contributed by atoms with Crippen LogP contribution in [-0.2, 0) is 0 Å². The van der Waals surface area contributed by atoms with Crippen LogP contribution in [0.25, 0.3) is 11.3 Å². The minimum absolute atomic E-state index is 0.0428. The molecule has 1 saturated heterocycles. The molecule has 1 unspecified atom stereocenters. The first kappa shape index (κ1) is 14.3. The first-order valence-electron chi connectivity index (χ1n) is 7.32. The van der Waals surface area contributed by atoms with E-state index in [0.29, 0.717) is 11.6 Å². The van der Waals surface area contributed by atoms with Crippen LogP contribution >= 0.6 is 11.3 Å². The van der Waals surface area contributed by atoms with Gasteiger partial charge in [-0.1, -0.05) is 0 Å². The number of rotatable bonds is 4. The molecule has 5 nitrogen and oxygen atoms in total. The molecule has 1 aliphatic heterocycles. The molecular formula is C15H20N4OS. The average Bonchev–Trinajstić information content (AvgIpc) is 3.14. The third-order valence-corrected chi connectivity index (χ3v) is 4.57. The Morgan fingerprint density at radius 2 is 2.48 bits per heavy atom. The van der Waals surface area contributed by atoms with Crippen LogP contribution in [0.15, 0.2) is 17.6 Å². The smallest absolute Gasteiger partial charge is 0.267 e. The third-order valence-electron chi connectivity index (χ3n) is 3.79. The molecule has 3 heterocycles. The molecule has 3 rings (SSSR count). The lowest BCUT2D eigenvalue weighted by Gasteiger charge is -2.22. The van der Waals surface area contributed by atoms with Crippen molar-refractivity contribution in [1.29, 1.82) is 0 Å². The third kappa shape index (κ3) is 3.51. The van der Waals surface area contributed by atoms with E-state index in [2.05, 4.69) is 20.6 Å². The van der Waals surface area contributed by atoms with Gasteiger partial charge in [-0.05, 0) is 44.8 Å². The second kappa shape index (κ2) is 6.41. The fourth-order valence-corrected chi connectivity index (χ4v) is 3.22. The highest BCUT2D eigenvalue weighted by molar-refractivity contribution is 7.09. The maximum atomic E-state index is 12.2. The number of H-pyrrole nitrogens is 1. The minimum Gasteiger partial charge on any atom is -0.357 e. The number of nitrogens with one attached hydrogen (secondary N) is 3. The van der Waals surface area contributed by atoms with Crippen LogP contribution < -0.4 is 10.6 Å². The van der Waals surface area contributed by atoms with E-state index in [1.807, 2.05) is 24.6 Å². The summed E-state index contributed by atoms with van der Waals surface area (Å²) in [5, 5.41) is 9.41. The maximum absolute atomic E-state index is 12.2. The van der Waals surface area contributed by atoms with E-state index in [4.69, 9.17) is 0 Å². The molecule has 1 aliphatic rings. The number of carbonyl (C=O) groups excluding carboxylic acids is 1. The number of aryl methyl sites for hydroxylation is 1. The summed E-state index contributed by atoms with van der Waals surface area (Å²) in [6.45, 7) is 4.80. The summed E-state index contributed by atoms with van der Waals surface area (Å²) >= 11 is 1.61. The molecule has 6 heteroatoms. The van der Waals surface area contributed by atoms with E-state index in [-0.39, 0.29) is 5.91 Å². The topological polar surface area (TPSA) is 69.8 Å². The zero-order chi connectivity index (χ0) is 14.7. The summed E-state index contributed by atoms with van der Waals surface area (Å²) in [6, 6.07) is 1.86. The molecule has 0 spiro atoms. The zero-order valence-corrected chi connectivity index (χ0v) is 12.9. The molecule has 112 valence electrons. The number of piperidine rings is 1. The van der Waals surface area contributed by atoms with E-state index in [9.17, 15) is 4.79 Å². The molecule has 2 aromatic heterocycles. The monoisotopic (exact) mass is 304 g/mol. The molecule has 0 aliphatic carbocycles. The molecule has 0 aromatic carbocycles. The minimum atomic E-state index is -0.0428. The normalized spacial score (nSPS) is 18.6. The molecule has 0 bridgehead atoms.